The number of amides is 1. The molecule has 0 spiro atoms. The Hall–Kier alpha value is -3.06. The van der Waals surface area contributed by atoms with Gasteiger partial charge in [-0.15, -0.1) is 0 Å². The summed E-state index contributed by atoms with van der Waals surface area (Å²) >= 11 is 0. The van der Waals surface area contributed by atoms with Crippen molar-refractivity contribution in [2.75, 3.05) is 6.61 Å². The number of hydrogen-bond acceptors (Lipinski definition) is 3. The molecule has 0 saturated heterocycles. The van der Waals surface area contributed by atoms with Gasteiger partial charge in [-0.25, -0.2) is 13.8 Å². The van der Waals surface area contributed by atoms with Crippen LogP contribution in [0.1, 0.15) is 65.4 Å². The maximum absolute atomic E-state index is 14.8. The number of aliphatic hydroxyl groups is 1. The quantitative estimate of drug-likeness (QED) is 0.380. The lowest BCUT2D eigenvalue weighted by Gasteiger charge is -2.48. The Balaban J connectivity index is 2.31. The molecule has 5 nitrogen and oxygen atoms in total. The van der Waals surface area contributed by atoms with Crippen LogP contribution in [0.3, 0.4) is 0 Å². The smallest absolute Gasteiger partial charge is 0.249 e. The van der Waals surface area contributed by atoms with E-state index in [1.165, 1.54) is 0 Å². The van der Waals surface area contributed by atoms with Crippen LogP contribution in [0.15, 0.2) is 54.7 Å². The molecule has 2 atom stereocenters. The Bertz CT molecular complexity index is 1210. The van der Waals surface area contributed by atoms with E-state index >= 15 is 0 Å². The van der Waals surface area contributed by atoms with Crippen molar-refractivity contribution in [3.63, 3.8) is 0 Å². The van der Waals surface area contributed by atoms with Gasteiger partial charge >= 0.3 is 0 Å². The number of aliphatic hydroxyl groups excluding tert-OH is 1. The second-order valence-corrected chi connectivity index (χ2v) is 11.6. The summed E-state index contributed by atoms with van der Waals surface area (Å²) in [5.74, 6) is -1.06. The zero-order valence-corrected chi connectivity index (χ0v) is 22.6. The summed E-state index contributed by atoms with van der Waals surface area (Å²) in [6, 6.07) is 12.1. The molecule has 1 heterocycles. The lowest BCUT2D eigenvalue weighted by molar-refractivity contribution is -0.146. The van der Waals surface area contributed by atoms with Gasteiger partial charge < -0.3 is 14.6 Å². The van der Waals surface area contributed by atoms with Crippen LogP contribution in [-0.4, -0.2) is 38.1 Å². The standard InChI is InChI=1S/C30H38F2N3O2/c1-8-25(29(2,3)4)35(26(37)19-36)27(30(5,6)7)28-33-24(22-16-21(31)14-15-23(22)32)18-34(28)17-20-12-10-9-11-13-20/h9-16,18,25,27,36H,1,8,17,19H2,2-7H3/t25?,27-/m0/s1. The van der Waals surface area contributed by atoms with E-state index in [0.29, 0.717) is 18.8 Å². The number of carbonyl (C=O) groups excluding carboxylic acids is 1. The summed E-state index contributed by atoms with van der Waals surface area (Å²) in [5, 5.41) is 10.0. The number of carbonyl (C=O) groups is 1. The molecule has 1 unspecified atom stereocenters. The van der Waals surface area contributed by atoms with Crippen LogP contribution < -0.4 is 0 Å². The zero-order valence-electron chi connectivity index (χ0n) is 22.6. The van der Waals surface area contributed by atoms with E-state index < -0.39 is 35.6 Å². The molecule has 37 heavy (non-hydrogen) atoms. The molecule has 3 rings (SSSR count). The number of hydrogen-bond donors (Lipinski definition) is 1. The molecule has 0 aliphatic rings. The summed E-state index contributed by atoms with van der Waals surface area (Å²) in [5.41, 5.74) is 0.441. The molecule has 199 valence electrons. The average molecular weight is 511 g/mol. The van der Waals surface area contributed by atoms with Crippen molar-refractivity contribution < 1.29 is 18.7 Å². The molecule has 1 N–H and O–H groups in total. The number of nitrogens with zero attached hydrogens (tertiary/aromatic N) is 3. The van der Waals surface area contributed by atoms with Gasteiger partial charge in [0.25, 0.3) is 0 Å². The second kappa shape index (κ2) is 11.1. The van der Waals surface area contributed by atoms with E-state index in [1.54, 1.807) is 11.1 Å². The first-order chi connectivity index (χ1) is 17.3. The third kappa shape index (κ3) is 6.45. The minimum Gasteiger partial charge on any atom is -0.387 e. The molecular weight excluding hydrogens is 472 g/mol. The van der Waals surface area contributed by atoms with Crippen molar-refractivity contribution in [1.82, 2.24) is 14.5 Å². The Morgan fingerprint density at radius 1 is 1.05 bits per heavy atom. The molecule has 1 aromatic heterocycles. The third-order valence-corrected chi connectivity index (χ3v) is 6.58. The summed E-state index contributed by atoms with van der Waals surface area (Å²) in [4.78, 5) is 19.9. The molecule has 3 aromatic rings. The number of aromatic nitrogens is 2. The van der Waals surface area contributed by atoms with Crippen molar-refractivity contribution in [3.8, 4) is 11.3 Å². The molecule has 7 heteroatoms. The van der Waals surface area contributed by atoms with Crippen LogP contribution in [0.4, 0.5) is 8.78 Å². The predicted octanol–water partition coefficient (Wildman–Crippen LogP) is 6.42. The van der Waals surface area contributed by atoms with Crippen molar-refractivity contribution in [1.29, 1.82) is 0 Å². The van der Waals surface area contributed by atoms with Gasteiger partial charge in [-0.3, -0.25) is 4.79 Å². The van der Waals surface area contributed by atoms with Gasteiger partial charge in [-0.05, 0) is 41.0 Å². The topological polar surface area (TPSA) is 58.4 Å². The summed E-state index contributed by atoms with van der Waals surface area (Å²) < 4.78 is 30.8. The lowest BCUT2D eigenvalue weighted by Crippen LogP contribution is -2.53. The maximum Gasteiger partial charge on any atom is 0.249 e. The van der Waals surface area contributed by atoms with Crippen molar-refractivity contribution in [3.05, 3.63) is 84.7 Å². The Morgan fingerprint density at radius 2 is 1.70 bits per heavy atom. The highest BCUT2D eigenvalue weighted by Gasteiger charge is 2.44. The highest BCUT2D eigenvalue weighted by Crippen LogP contribution is 2.43. The molecule has 0 fully saturated rings. The van der Waals surface area contributed by atoms with Crippen molar-refractivity contribution in [2.24, 2.45) is 10.8 Å². The van der Waals surface area contributed by atoms with Crippen LogP contribution in [0, 0.1) is 29.4 Å². The van der Waals surface area contributed by atoms with Gasteiger partial charge in [0.1, 0.15) is 24.1 Å². The van der Waals surface area contributed by atoms with Gasteiger partial charge in [0, 0.05) is 24.3 Å². The van der Waals surface area contributed by atoms with Gasteiger partial charge in [0.05, 0.1) is 11.7 Å². The fourth-order valence-corrected chi connectivity index (χ4v) is 4.88. The highest BCUT2D eigenvalue weighted by molar-refractivity contribution is 5.78. The van der Waals surface area contributed by atoms with E-state index in [4.69, 9.17) is 4.98 Å². The minimum atomic E-state index is -0.663. The van der Waals surface area contributed by atoms with Gasteiger partial charge in [0.2, 0.25) is 5.91 Å². The number of halogens is 2. The number of imidazole rings is 1. The van der Waals surface area contributed by atoms with Crippen LogP contribution in [0.25, 0.3) is 11.3 Å². The Morgan fingerprint density at radius 3 is 2.24 bits per heavy atom. The Kier molecular flexibility index (Phi) is 8.58. The monoisotopic (exact) mass is 510 g/mol. The predicted molar refractivity (Wildman–Crippen MR) is 142 cm³/mol. The lowest BCUT2D eigenvalue weighted by atomic mass is 9.78. The number of benzene rings is 2. The van der Waals surface area contributed by atoms with Crippen LogP contribution in [0.2, 0.25) is 0 Å². The van der Waals surface area contributed by atoms with Crippen LogP contribution in [-0.2, 0) is 11.3 Å². The molecule has 0 saturated carbocycles. The Labute approximate surface area is 219 Å². The summed E-state index contributed by atoms with van der Waals surface area (Å²) in [7, 11) is 0. The molecule has 2 aromatic carbocycles. The average Bonchev–Trinajstić information content (AvgIpc) is 3.21. The molecule has 0 aliphatic carbocycles. The summed E-state index contributed by atoms with van der Waals surface area (Å²) in [6.45, 7) is 16.0. The largest absolute Gasteiger partial charge is 0.387 e. The number of rotatable bonds is 8. The van der Waals surface area contributed by atoms with Crippen LogP contribution in [0.5, 0.6) is 0 Å². The highest BCUT2D eigenvalue weighted by atomic mass is 19.1. The SMILES string of the molecule is [CH2]CC(N(C(=O)CO)[C@@H](c1nc(-c2cc(F)ccc2F)cn1Cc1ccccc1)C(C)(C)C)C(C)(C)C. The molecule has 0 aliphatic heterocycles. The van der Waals surface area contributed by atoms with Gasteiger partial charge in [-0.1, -0.05) is 78.8 Å². The van der Waals surface area contributed by atoms with E-state index in [2.05, 4.69) is 6.92 Å². The molecule has 0 bridgehead atoms. The van der Waals surface area contributed by atoms with Crippen LogP contribution >= 0.6 is 0 Å². The van der Waals surface area contributed by atoms with Crippen molar-refractivity contribution >= 4 is 5.91 Å². The first kappa shape index (κ1) is 28.5. The van der Waals surface area contributed by atoms with Crippen molar-refractivity contribution in [2.45, 2.75) is 66.6 Å². The van der Waals surface area contributed by atoms with Gasteiger partial charge in [0.15, 0.2) is 0 Å². The normalized spacial score (nSPS) is 13.9. The summed E-state index contributed by atoms with van der Waals surface area (Å²) in [6.07, 6.45) is 2.13. The first-order valence-corrected chi connectivity index (χ1v) is 12.6. The minimum absolute atomic E-state index is 0.0466. The van der Waals surface area contributed by atoms with E-state index in [-0.39, 0.29) is 22.7 Å². The second-order valence-electron chi connectivity index (χ2n) is 11.6. The fourth-order valence-electron chi connectivity index (χ4n) is 4.88. The molecule has 1 amide bonds. The van der Waals surface area contributed by atoms with E-state index in [9.17, 15) is 18.7 Å². The first-order valence-electron chi connectivity index (χ1n) is 12.6. The maximum atomic E-state index is 14.8. The zero-order chi connectivity index (χ0) is 27.5. The van der Waals surface area contributed by atoms with E-state index in [0.717, 1.165) is 23.8 Å². The van der Waals surface area contributed by atoms with Gasteiger partial charge in [-0.2, -0.15) is 0 Å². The fraction of sp³-hybridized carbons (Fsp3) is 0.433. The molecule has 1 radical (unpaired) electrons. The van der Waals surface area contributed by atoms with E-state index in [1.807, 2.05) is 76.4 Å². The molecular formula is C30H38F2N3O2. The third-order valence-electron chi connectivity index (χ3n) is 6.58.